The Labute approximate surface area is 123 Å². The minimum absolute atomic E-state index is 0.297. The Morgan fingerprint density at radius 1 is 1.35 bits per heavy atom. The second-order valence-electron chi connectivity index (χ2n) is 5.54. The van der Waals surface area contributed by atoms with Crippen molar-refractivity contribution in [1.29, 1.82) is 0 Å². The predicted octanol–water partition coefficient (Wildman–Crippen LogP) is 2.65. The highest BCUT2D eigenvalue weighted by Gasteiger charge is 2.29. The number of aryl methyl sites for hydroxylation is 1. The third-order valence-electron chi connectivity index (χ3n) is 2.80. The van der Waals surface area contributed by atoms with Gasteiger partial charge in [-0.15, -0.1) is 0 Å². The van der Waals surface area contributed by atoms with Crippen LogP contribution in [-0.2, 0) is 20.5 Å². The fourth-order valence-electron chi connectivity index (χ4n) is 1.66. The van der Waals surface area contributed by atoms with Crippen LogP contribution in [0.2, 0.25) is 0 Å². The maximum absolute atomic E-state index is 12.3. The normalized spacial score (nSPS) is 14.7. The summed E-state index contributed by atoms with van der Waals surface area (Å²) < 4.78 is 19.8. The molecule has 1 unspecified atom stereocenters. The van der Waals surface area contributed by atoms with Crippen LogP contribution >= 0.6 is 0 Å². The third kappa shape index (κ3) is 4.42. The Morgan fingerprint density at radius 3 is 2.45 bits per heavy atom. The van der Waals surface area contributed by atoms with Crippen LogP contribution in [-0.4, -0.2) is 21.5 Å². The number of ether oxygens (including phenoxy) is 1. The van der Waals surface area contributed by atoms with Gasteiger partial charge in [0.1, 0.15) is 6.04 Å². The molecule has 5 heteroatoms. The molecule has 1 aromatic rings. The number of hydrogen-bond donors (Lipinski definition) is 1. The van der Waals surface area contributed by atoms with Crippen LogP contribution in [0.15, 0.2) is 24.3 Å². The fourth-order valence-corrected chi connectivity index (χ4v) is 2.45. The Morgan fingerprint density at radius 2 is 1.95 bits per heavy atom. The molecular weight excluding hydrogens is 274 g/mol. The highest BCUT2D eigenvalue weighted by atomic mass is 32.2. The number of benzene rings is 1. The zero-order chi connectivity index (χ0) is 15.3. The van der Waals surface area contributed by atoms with Gasteiger partial charge in [0.2, 0.25) is 0 Å². The molecule has 0 amide bonds. The van der Waals surface area contributed by atoms with E-state index in [4.69, 9.17) is 4.74 Å². The lowest BCUT2D eigenvalue weighted by Gasteiger charge is -2.24. The van der Waals surface area contributed by atoms with Crippen LogP contribution in [0.3, 0.4) is 0 Å². The summed E-state index contributed by atoms with van der Waals surface area (Å²) in [4.78, 5) is 12.1. The van der Waals surface area contributed by atoms with Gasteiger partial charge < -0.3 is 4.74 Å². The first kappa shape index (κ1) is 16.9. The van der Waals surface area contributed by atoms with Crippen LogP contribution < -0.4 is 4.72 Å². The molecular formula is C15H23NO3S. The summed E-state index contributed by atoms with van der Waals surface area (Å²) in [5, 5.41) is 0. The summed E-state index contributed by atoms with van der Waals surface area (Å²) in [5.41, 5.74) is 1.76. The molecule has 0 spiro atoms. The molecule has 0 saturated heterocycles. The van der Waals surface area contributed by atoms with Gasteiger partial charge in [0, 0.05) is 0 Å². The monoisotopic (exact) mass is 297 g/mol. The molecule has 0 aliphatic carbocycles. The summed E-state index contributed by atoms with van der Waals surface area (Å²) in [6.07, 6.45) is 0. The maximum Gasteiger partial charge on any atom is 0.328 e. The summed E-state index contributed by atoms with van der Waals surface area (Å²) >= 11 is 0. The number of nitrogens with one attached hydrogen (secondary N) is 1. The Kier molecular flexibility index (Phi) is 5.89. The topological polar surface area (TPSA) is 55.4 Å². The van der Waals surface area contributed by atoms with Crippen LogP contribution in [0.25, 0.3) is 0 Å². The molecule has 112 valence electrons. The molecule has 20 heavy (non-hydrogen) atoms. The van der Waals surface area contributed by atoms with E-state index in [0.29, 0.717) is 6.61 Å². The van der Waals surface area contributed by atoms with Crippen molar-refractivity contribution in [2.45, 2.75) is 45.4 Å². The minimum atomic E-state index is -1.35. The van der Waals surface area contributed by atoms with Crippen molar-refractivity contribution in [2.24, 2.45) is 0 Å². The number of carbonyl (C=O) groups is 1. The van der Waals surface area contributed by atoms with Gasteiger partial charge in [-0.1, -0.05) is 24.3 Å². The minimum Gasteiger partial charge on any atom is -0.465 e. The average molecular weight is 297 g/mol. The lowest BCUT2D eigenvalue weighted by molar-refractivity contribution is -0.145. The molecule has 0 aliphatic heterocycles. The van der Waals surface area contributed by atoms with E-state index >= 15 is 0 Å². The van der Waals surface area contributed by atoms with E-state index in [-0.39, 0.29) is 0 Å². The molecule has 0 heterocycles. The van der Waals surface area contributed by atoms with E-state index in [0.717, 1.165) is 11.1 Å². The summed E-state index contributed by atoms with van der Waals surface area (Å²) in [5.74, 6) is -0.403. The van der Waals surface area contributed by atoms with Gasteiger partial charge in [-0.25, -0.2) is 13.7 Å². The van der Waals surface area contributed by atoms with Crippen molar-refractivity contribution < 1.29 is 13.7 Å². The van der Waals surface area contributed by atoms with Crippen LogP contribution in [0, 0.1) is 6.92 Å². The fraction of sp³-hybridized carbons (Fsp3) is 0.533. The van der Waals surface area contributed by atoms with Gasteiger partial charge in [0.25, 0.3) is 0 Å². The molecule has 0 saturated carbocycles. The zero-order valence-corrected chi connectivity index (χ0v) is 13.5. The lowest BCUT2D eigenvalue weighted by atomic mass is 10.0. The lowest BCUT2D eigenvalue weighted by Crippen LogP contribution is -2.39. The van der Waals surface area contributed by atoms with Crippen LogP contribution in [0.1, 0.15) is 44.9 Å². The van der Waals surface area contributed by atoms with Gasteiger partial charge in [-0.3, -0.25) is 0 Å². The third-order valence-corrected chi connectivity index (χ3v) is 4.36. The molecule has 0 aromatic heterocycles. The molecule has 0 radical (unpaired) electrons. The SMILES string of the molecule is CCOC(=O)[C@H](NS(=O)C(C)(C)C)c1ccccc1C. The molecule has 2 atom stereocenters. The summed E-state index contributed by atoms with van der Waals surface area (Å²) in [6.45, 7) is 9.55. The number of esters is 1. The highest BCUT2D eigenvalue weighted by molar-refractivity contribution is 7.84. The van der Waals surface area contributed by atoms with E-state index in [1.165, 1.54) is 0 Å². The van der Waals surface area contributed by atoms with Crippen molar-refractivity contribution in [3.63, 3.8) is 0 Å². The summed E-state index contributed by atoms with van der Waals surface area (Å²) in [6, 6.07) is 6.82. The number of rotatable bonds is 5. The largest absolute Gasteiger partial charge is 0.465 e. The van der Waals surface area contributed by atoms with E-state index < -0.39 is 27.7 Å². The molecule has 1 rings (SSSR count). The predicted molar refractivity (Wildman–Crippen MR) is 81.6 cm³/mol. The van der Waals surface area contributed by atoms with Gasteiger partial charge in [0.05, 0.1) is 22.3 Å². The highest BCUT2D eigenvalue weighted by Crippen LogP contribution is 2.21. The smallest absolute Gasteiger partial charge is 0.328 e. The average Bonchev–Trinajstić information content (AvgIpc) is 2.35. The van der Waals surface area contributed by atoms with Crippen molar-refractivity contribution in [3.05, 3.63) is 35.4 Å². The van der Waals surface area contributed by atoms with Crippen LogP contribution in [0.4, 0.5) is 0 Å². The van der Waals surface area contributed by atoms with Gasteiger partial charge in [-0.2, -0.15) is 0 Å². The Bertz CT molecular complexity index is 494. The second-order valence-corrected chi connectivity index (χ2v) is 7.54. The first-order valence-electron chi connectivity index (χ1n) is 6.67. The number of hydrogen-bond acceptors (Lipinski definition) is 3. The standard InChI is InChI=1S/C15H23NO3S/c1-6-19-14(17)13(16-20(18)15(3,4)5)12-10-8-7-9-11(12)2/h7-10,13,16H,6H2,1-5H3/t13-,20?/m1/s1. The molecule has 1 N–H and O–H groups in total. The van der Waals surface area contributed by atoms with E-state index in [2.05, 4.69) is 4.72 Å². The molecule has 0 bridgehead atoms. The van der Waals surface area contributed by atoms with E-state index in [1.807, 2.05) is 52.0 Å². The van der Waals surface area contributed by atoms with Crippen molar-refractivity contribution >= 4 is 17.0 Å². The van der Waals surface area contributed by atoms with E-state index in [9.17, 15) is 9.00 Å². The Balaban J connectivity index is 3.07. The van der Waals surface area contributed by atoms with E-state index in [1.54, 1.807) is 6.92 Å². The molecule has 0 fully saturated rings. The first-order valence-corrected chi connectivity index (χ1v) is 7.82. The molecule has 4 nitrogen and oxygen atoms in total. The first-order chi connectivity index (χ1) is 9.27. The van der Waals surface area contributed by atoms with Gasteiger partial charge in [-0.05, 0) is 45.7 Å². The second kappa shape index (κ2) is 6.99. The summed E-state index contributed by atoms with van der Waals surface area (Å²) in [7, 11) is -1.35. The number of carbonyl (C=O) groups excluding carboxylic acids is 1. The zero-order valence-electron chi connectivity index (χ0n) is 12.7. The van der Waals surface area contributed by atoms with Crippen molar-refractivity contribution in [1.82, 2.24) is 4.72 Å². The van der Waals surface area contributed by atoms with Crippen molar-refractivity contribution in [2.75, 3.05) is 6.61 Å². The van der Waals surface area contributed by atoms with Gasteiger partial charge in [0.15, 0.2) is 0 Å². The van der Waals surface area contributed by atoms with Crippen LogP contribution in [0.5, 0.6) is 0 Å². The molecule has 1 aromatic carbocycles. The Hall–Kier alpha value is -1.20. The molecule has 0 aliphatic rings. The quantitative estimate of drug-likeness (QED) is 0.850. The maximum atomic E-state index is 12.3. The van der Waals surface area contributed by atoms with Gasteiger partial charge >= 0.3 is 5.97 Å². The van der Waals surface area contributed by atoms with Crippen molar-refractivity contribution in [3.8, 4) is 0 Å².